The third-order valence-corrected chi connectivity index (χ3v) is 2.97. The fourth-order valence-electron chi connectivity index (χ4n) is 1.33. The molecule has 2 aromatic heterocycles. The fourth-order valence-corrected chi connectivity index (χ4v) is 2.11. The molecule has 92 valence electrons. The highest BCUT2D eigenvalue weighted by Crippen LogP contribution is 2.23. The number of nitrogens with two attached hydrogens (primary N) is 1. The van der Waals surface area contributed by atoms with Gasteiger partial charge in [0.05, 0.1) is 17.3 Å². The van der Waals surface area contributed by atoms with E-state index in [0.29, 0.717) is 5.00 Å². The van der Waals surface area contributed by atoms with Gasteiger partial charge in [0.25, 0.3) is 11.8 Å². The summed E-state index contributed by atoms with van der Waals surface area (Å²) in [5.41, 5.74) is 5.61. The Morgan fingerprint density at radius 2 is 2.17 bits per heavy atom. The molecule has 0 aliphatic carbocycles. The Labute approximate surface area is 106 Å². The first-order chi connectivity index (χ1) is 8.58. The lowest BCUT2D eigenvalue weighted by Crippen LogP contribution is -2.16. The molecule has 0 fully saturated rings. The van der Waals surface area contributed by atoms with Crippen molar-refractivity contribution in [1.29, 1.82) is 0 Å². The molecular formula is C11H9N3O3S. The summed E-state index contributed by atoms with van der Waals surface area (Å²) >= 11 is 1.19. The van der Waals surface area contributed by atoms with Crippen molar-refractivity contribution in [3.05, 3.63) is 41.0 Å². The average Bonchev–Trinajstić information content (AvgIpc) is 2.77. The predicted molar refractivity (Wildman–Crippen MR) is 66.7 cm³/mol. The summed E-state index contributed by atoms with van der Waals surface area (Å²) in [6.45, 7) is 0. The van der Waals surface area contributed by atoms with E-state index in [2.05, 4.69) is 10.3 Å². The van der Waals surface area contributed by atoms with Gasteiger partial charge >= 0.3 is 0 Å². The Hall–Kier alpha value is -2.41. The van der Waals surface area contributed by atoms with Crippen molar-refractivity contribution >= 4 is 28.2 Å². The number of thiophene rings is 1. The minimum atomic E-state index is -0.611. The van der Waals surface area contributed by atoms with Gasteiger partial charge in [-0.05, 0) is 17.5 Å². The van der Waals surface area contributed by atoms with E-state index in [4.69, 9.17) is 5.73 Å². The second-order valence-corrected chi connectivity index (χ2v) is 4.33. The standard InChI is InChI=1S/C11H9N3O3S/c12-9(16)8-1-2-18-11(8)14-10(17)6-3-7(15)5-13-4-6/h1-5,15H,(H2,12,16)(H,14,17). The number of aromatic nitrogens is 1. The Morgan fingerprint density at radius 3 is 2.83 bits per heavy atom. The number of anilines is 1. The number of aromatic hydroxyl groups is 1. The quantitative estimate of drug-likeness (QED) is 0.773. The van der Waals surface area contributed by atoms with Crippen molar-refractivity contribution in [2.45, 2.75) is 0 Å². The maximum absolute atomic E-state index is 11.8. The normalized spacial score (nSPS) is 10.0. The smallest absolute Gasteiger partial charge is 0.257 e. The molecule has 0 aromatic carbocycles. The lowest BCUT2D eigenvalue weighted by atomic mass is 10.2. The molecule has 2 aromatic rings. The number of nitrogens with zero attached hydrogens (tertiary/aromatic N) is 1. The number of primary amides is 1. The van der Waals surface area contributed by atoms with E-state index in [0.717, 1.165) is 0 Å². The Morgan fingerprint density at radius 1 is 1.39 bits per heavy atom. The highest BCUT2D eigenvalue weighted by Gasteiger charge is 2.14. The molecule has 2 rings (SSSR count). The first-order valence-electron chi connectivity index (χ1n) is 4.90. The van der Waals surface area contributed by atoms with E-state index in [-0.39, 0.29) is 16.9 Å². The highest BCUT2D eigenvalue weighted by atomic mass is 32.1. The number of nitrogens with one attached hydrogen (secondary N) is 1. The Kier molecular flexibility index (Phi) is 3.24. The SMILES string of the molecule is NC(=O)c1ccsc1NC(=O)c1cncc(O)c1. The van der Waals surface area contributed by atoms with Crippen LogP contribution >= 0.6 is 11.3 Å². The van der Waals surface area contributed by atoms with Crippen LogP contribution in [0.1, 0.15) is 20.7 Å². The van der Waals surface area contributed by atoms with Crippen molar-refractivity contribution < 1.29 is 14.7 Å². The van der Waals surface area contributed by atoms with Gasteiger partial charge in [-0.3, -0.25) is 14.6 Å². The van der Waals surface area contributed by atoms with E-state index >= 15 is 0 Å². The van der Waals surface area contributed by atoms with Gasteiger partial charge in [-0.15, -0.1) is 11.3 Å². The summed E-state index contributed by atoms with van der Waals surface area (Å²) in [7, 11) is 0. The maximum atomic E-state index is 11.8. The van der Waals surface area contributed by atoms with Crippen molar-refractivity contribution in [1.82, 2.24) is 4.98 Å². The van der Waals surface area contributed by atoms with Gasteiger partial charge in [0.1, 0.15) is 10.8 Å². The van der Waals surface area contributed by atoms with E-state index in [1.807, 2.05) is 0 Å². The fraction of sp³-hybridized carbons (Fsp3) is 0. The first-order valence-corrected chi connectivity index (χ1v) is 5.78. The molecule has 6 nitrogen and oxygen atoms in total. The molecule has 0 saturated carbocycles. The molecule has 0 aliphatic heterocycles. The van der Waals surface area contributed by atoms with Gasteiger partial charge in [-0.25, -0.2) is 0 Å². The van der Waals surface area contributed by atoms with Crippen LogP contribution in [0.15, 0.2) is 29.9 Å². The number of pyridine rings is 1. The first kappa shape index (κ1) is 12.1. The van der Waals surface area contributed by atoms with E-state index < -0.39 is 11.8 Å². The molecule has 0 aliphatic rings. The van der Waals surface area contributed by atoms with Crippen molar-refractivity contribution in [2.75, 3.05) is 5.32 Å². The monoisotopic (exact) mass is 263 g/mol. The van der Waals surface area contributed by atoms with Crippen LogP contribution < -0.4 is 11.1 Å². The van der Waals surface area contributed by atoms with Crippen LogP contribution in [0.5, 0.6) is 5.75 Å². The van der Waals surface area contributed by atoms with Crippen LogP contribution in [0.3, 0.4) is 0 Å². The molecule has 0 unspecified atom stereocenters. The van der Waals surface area contributed by atoms with Gasteiger partial charge in [-0.2, -0.15) is 0 Å². The third-order valence-electron chi connectivity index (χ3n) is 2.14. The molecule has 2 amide bonds. The molecular weight excluding hydrogens is 254 g/mol. The van der Waals surface area contributed by atoms with Gasteiger partial charge in [0.15, 0.2) is 0 Å². The maximum Gasteiger partial charge on any atom is 0.257 e. The molecule has 0 radical (unpaired) electrons. The molecule has 0 saturated heterocycles. The van der Waals surface area contributed by atoms with Gasteiger partial charge in [0, 0.05) is 6.20 Å². The molecule has 0 bridgehead atoms. The van der Waals surface area contributed by atoms with Gasteiger partial charge in [-0.1, -0.05) is 0 Å². The molecule has 2 heterocycles. The minimum Gasteiger partial charge on any atom is -0.506 e. The number of rotatable bonds is 3. The summed E-state index contributed by atoms with van der Waals surface area (Å²) in [6.07, 6.45) is 2.53. The molecule has 0 spiro atoms. The minimum absolute atomic E-state index is 0.107. The van der Waals surface area contributed by atoms with Crippen LogP contribution in [-0.2, 0) is 0 Å². The van der Waals surface area contributed by atoms with Crippen LogP contribution in [0.2, 0.25) is 0 Å². The topological polar surface area (TPSA) is 105 Å². The number of carbonyl (C=O) groups is 2. The van der Waals surface area contributed by atoms with E-state index in [9.17, 15) is 14.7 Å². The van der Waals surface area contributed by atoms with Crippen LogP contribution in [0.25, 0.3) is 0 Å². The van der Waals surface area contributed by atoms with E-state index in [1.54, 1.807) is 5.38 Å². The van der Waals surface area contributed by atoms with Gasteiger partial charge < -0.3 is 16.2 Å². The molecule has 0 atom stereocenters. The zero-order chi connectivity index (χ0) is 13.1. The number of hydrogen-bond donors (Lipinski definition) is 3. The zero-order valence-electron chi connectivity index (χ0n) is 9.08. The largest absolute Gasteiger partial charge is 0.506 e. The molecule has 18 heavy (non-hydrogen) atoms. The third kappa shape index (κ3) is 2.46. The number of hydrogen-bond acceptors (Lipinski definition) is 5. The number of carbonyl (C=O) groups excluding carboxylic acids is 2. The van der Waals surface area contributed by atoms with Crippen LogP contribution in [0.4, 0.5) is 5.00 Å². The Bertz CT molecular complexity index is 609. The average molecular weight is 263 g/mol. The second-order valence-electron chi connectivity index (χ2n) is 3.41. The van der Waals surface area contributed by atoms with Gasteiger partial charge in [0.2, 0.25) is 0 Å². The Balaban J connectivity index is 2.21. The van der Waals surface area contributed by atoms with E-state index in [1.165, 1.54) is 35.9 Å². The lowest BCUT2D eigenvalue weighted by molar-refractivity contribution is 0.100. The molecule has 7 heteroatoms. The lowest BCUT2D eigenvalue weighted by Gasteiger charge is -2.04. The summed E-state index contributed by atoms with van der Waals surface area (Å²) in [5, 5.41) is 13.8. The summed E-state index contributed by atoms with van der Waals surface area (Å²) in [6, 6.07) is 2.81. The number of amides is 2. The van der Waals surface area contributed by atoms with Crippen molar-refractivity contribution in [2.24, 2.45) is 5.73 Å². The summed E-state index contributed by atoms with van der Waals surface area (Å²) in [5.74, 6) is -1.19. The summed E-state index contributed by atoms with van der Waals surface area (Å²) < 4.78 is 0. The molecule has 4 N–H and O–H groups in total. The highest BCUT2D eigenvalue weighted by molar-refractivity contribution is 7.14. The zero-order valence-corrected chi connectivity index (χ0v) is 9.90. The predicted octanol–water partition coefficient (Wildman–Crippen LogP) is 1.20. The van der Waals surface area contributed by atoms with Crippen molar-refractivity contribution in [3.63, 3.8) is 0 Å². The van der Waals surface area contributed by atoms with Crippen LogP contribution in [0, 0.1) is 0 Å². The van der Waals surface area contributed by atoms with Crippen molar-refractivity contribution in [3.8, 4) is 5.75 Å². The second kappa shape index (κ2) is 4.84. The van der Waals surface area contributed by atoms with Crippen LogP contribution in [-0.4, -0.2) is 21.9 Å². The summed E-state index contributed by atoms with van der Waals surface area (Å²) in [4.78, 5) is 26.6.